The van der Waals surface area contributed by atoms with E-state index >= 15 is 0 Å². The van der Waals surface area contributed by atoms with Crippen molar-refractivity contribution in [1.82, 2.24) is 14.6 Å². The normalized spacial score (nSPS) is 10.9. The minimum Gasteiger partial charge on any atom is -0.497 e. The quantitative estimate of drug-likeness (QED) is 0.496. The summed E-state index contributed by atoms with van der Waals surface area (Å²) in [7, 11) is 1.64. The number of amides is 1. The third-order valence-electron chi connectivity index (χ3n) is 3.98. The molecule has 136 valence electrons. The number of fused-ring (bicyclic) bond motifs is 1. The van der Waals surface area contributed by atoms with Gasteiger partial charge >= 0.3 is 0 Å². The lowest BCUT2D eigenvalue weighted by molar-refractivity contribution is -0.115. The van der Waals surface area contributed by atoms with Gasteiger partial charge in [0.2, 0.25) is 16.8 Å². The van der Waals surface area contributed by atoms with E-state index in [9.17, 15) is 4.79 Å². The van der Waals surface area contributed by atoms with Crippen LogP contribution in [0, 0.1) is 0 Å². The number of nitrogens with one attached hydrogen (secondary N) is 1. The molecule has 0 aliphatic rings. The molecule has 0 fully saturated rings. The standard InChI is InChI=1S/C19H15BrN4O2S/c1-26-15-4-2-3-13(10-15)16-11-27-19-22-18(23-24(16)19)21-17(25)9-12-5-7-14(20)8-6-12/h2-8,10-11H,9H2,1H3,(H,21,23,25). The highest BCUT2D eigenvalue weighted by Crippen LogP contribution is 2.28. The molecule has 0 saturated carbocycles. The largest absolute Gasteiger partial charge is 0.497 e. The number of anilines is 1. The van der Waals surface area contributed by atoms with Crippen molar-refractivity contribution in [3.63, 3.8) is 0 Å². The molecule has 2 aromatic heterocycles. The SMILES string of the molecule is COc1cccc(-c2csc3nc(NC(=O)Cc4ccc(Br)cc4)nn23)c1. The number of carbonyl (C=O) groups excluding carboxylic acids is 1. The number of hydrogen-bond acceptors (Lipinski definition) is 5. The Hall–Kier alpha value is -2.71. The monoisotopic (exact) mass is 442 g/mol. The fourth-order valence-electron chi connectivity index (χ4n) is 2.67. The molecule has 0 unspecified atom stereocenters. The zero-order chi connectivity index (χ0) is 18.8. The lowest BCUT2D eigenvalue weighted by Gasteiger charge is -2.03. The molecular formula is C19H15BrN4O2S. The Morgan fingerprint density at radius 2 is 2.07 bits per heavy atom. The molecule has 2 aromatic carbocycles. The molecule has 1 N–H and O–H groups in total. The summed E-state index contributed by atoms with van der Waals surface area (Å²) in [6.45, 7) is 0. The predicted octanol–water partition coefficient (Wildman–Crippen LogP) is 4.41. The summed E-state index contributed by atoms with van der Waals surface area (Å²) in [6, 6.07) is 15.4. The van der Waals surface area contributed by atoms with E-state index in [1.165, 1.54) is 11.3 Å². The van der Waals surface area contributed by atoms with Crippen molar-refractivity contribution < 1.29 is 9.53 Å². The average Bonchev–Trinajstić information content (AvgIpc) is 3.23. The minimum absolute atomic E-state index is 0.154. The highest BCUT2D eigenvalue weighted by atomic mass is 79.9. The summed E-state index contributed by atoms with van der Waals surface area (Å²) >= 11 is 4.85. The second-order valence-electron chi connectivity index (χ2n) is 5.83. The molecule has 4 aromatic rings. The lowest BCUT2D eigenvalue weighted by atomic mass is 10.1. The van der Waals surface area contributed by atoms with Gasteiger partial charge in [-0.25, -0.2) is 4.52 Å². The highest BCUT2D eigenvalue weighted by molar-refractivity contribution is 9.10. The van der Waals surface area contributed by atoms with E-state index in [0.717, 1.165) is 27.0 Å². The predicted molar refractivity (Wildman–Crippen MR) is 109 cm³/mol. The van der Waals surface area contributed by atoms with Gasteiger partial charge in [0.05, 0.1) is 19.2 Å². The van der Waals surface area contributed by atoms with E-state index < -0.39 is 0 Å². The van der Waals surface area contributed by atoms with Gasteiger partial charge in [0.25, 0.3) is 0 Å². The van der Waals surface area contributed by atoms with Gasteiger partial charge in [0.15, 0.2) is 0 Å². The van der Waals surface area contributed by atoms with Crippen molar-refractivity contribution in [2.24, 2.45) is 0 Å². The van der Waals surface area contributed by atoms with Gasteiger partial charge in [-0.2, -0.15) is 4.98 Å². The summed E-state index contributed by atoms with van der Waals surface area (Å²) in [5, 5.41) is 9.19. The van der Waals surface area contributed by atoms with E-state index in [2.05, 4.69) is 31.3 Å². The Bertz CT molecular complexity index is 1100. The third-order valence-corrected chi connectivity index (χ3v) is 5.32. The minimum atomic E-state index is -0.154. The van der Waals surface area contributed by atoms with Crippen molar-refractivity contribution in [2.75, 3.05) is 12.4 Å². The molecular weight excluding hydrogens is 428 g/mol. The molecule has 0 radical (unpaired) electrons. The summed E-state index contributed by atoms with van der Waals surface area (Å²) in [6.07, 6.45) is 0.267. The first-order valence-corrected chi connectivity index (χ1v) is 9.82. The van der Waals surface area contributed by atoms with Gasteiger partial charge in [-0.1, -0.05) is 40.2 Å². The summed E-state index contributed by atoms with van der Waals surface area (Å²) < 4.78 is 8.00. The molecule has 0 saturated heterocycles. The Morgan fingerprint density at radius 1 is 1.26 bits per heavy atom. The van der Waals surface area contributed by atoms with Gasteiger partial charge in [0.1, 0.15) is 5.75 Å². The number of carbonyl (C=O) groups is 1. The van der Waals surface area contributed by atoms with E-state index in [4.69, 9.17) is 4.74 Å². The molecule has 0 bridgehead atoms. The molecule has 8 heteroatoms. The van der Waals surface area contributed by atoms with Crippen LogP contribution in [-0.4, -0.2) is 27.6 Å². The molecule has 0 aliphatic heterocycles. The fourth-order valence-corrected chi connectivity index (χ4v) is 3.77. The van der Waals surface area contributed by atoms with Crippen LogP contribution in [0.3, 0.4) is 0 Å². The lowest BCUT2D eigenvalue weighted by Crippen LogP contribution is -2.15. The molecule has 0 spiro atoms. The summed E-state index contributed by atoms with van der Waals surface area (Å²) in [5.41, 5.74) is 2.79. The van der Waals surface area contributed by atoms with E-state index in [0.29, 0.717) is 10.9 Å². The van der Waals surface area contributed by atoms with E-state index in [1.54, 1.807) is 11.6 Å². The first kappa shape index (κ1) is 17.7. The second kappa shape index (κ2) is 7.50. The zero-order valence-corrected chi connectivity index (χ0v) is 16.8. The summed E-state index contributed by atoms with van der Waals surface area (Å²) in [4.78, 5) is 17.4. The molecule has 0 atom stereocenters. The number of ether oxygens (including phenoxy) is 1. The van der Waals surface area contributed by atoms with Gasteiger partial charge in [-0.05, 0) is 29.8 Å². The van der Waals surface area contributed by atoms with Crippen LogP contribution in [0.1, 0.15) is 5.56 Å². The Labute approximate surface area is 167 Å². The van der Waals surface area contributed by atoms with Crippen molar-refractivity contribution >= 4 is 44.1 Å². The van der Waals surface area contributed by atoms with Gasteiger partial charge < -0.3 is 4.74 Å². The first-order chi connectivity index (χ1) is 13.1. The summed E-state index contributed by atoms with van der Waals surface area (Å²) in [5.74, 6) is 0.918. The maximum atomic E-state index is 12.3. The van der Waals surface area contributed by atoms with E-state index in [-0.39, 0.29) is 12.3 Å². The molecule has 1 amide bonds. The number of thiazole rings is 1. The third kappa shape index (κ3) is 3.86. The second-order valence-corrected chi connectivity index (χ2v) is 7.59. The van der Waals surface area contributed by atoms with Crippen LogP contribution in [0.4, 0.5) is 5.95 Å². The van der Waals surface area contributed by atoms with E-state index in [1.807, 2.05) is 53.9 Å². The molecule has 0 aliphatic carbocycles. The number of methoxy groups -OCH3 is 1. The molecule has 2 heterocycles. The zero-order valence-electron chi connectivity index (χ0n) is 14.3. The van der Waals surface area contributed by atoms with Crippen LogP contribution in [0.5, 0.6) is 5.75 Å². The Kier molecular flexibility index (Phi) is 4.91. The number of aromatic nitrogens is 3. The number of nitrogens with zero attached hydrogens (tertiary/aromatic N) is 3. The van der Waals surface area contributed by atoms with Crippen LogP contribution in [-0.2, 0) is 11.2 Å². The maximum absolute atomic E-state index is 12.3. The average molecular weight is 443 g/mol. The highest BCUT2D eigenvalue weighted by Gasteiger charge is 2.14. The van der Waals surface area contributed by atoms with Crippen molar-refractivity contribution in [3.05, 3.63) is 63.9 Å². The number of benzene rings is 2. The fraction of sp³-hybridized carbons (Fsp3) is 0.105. The van der Waals surface area contributed by atoms with Crippen LogP contribution >= 0.6 is 27.3 Å². The molecule has 27 heavy (non-hydrogen) atoms. The van der Waals surface area contributed by atoms with Crippen molar-refractivity contribution in [1.29, 1.82) is 0 Å². The Balaban J connectivity index is 1.54. The molecule has 6 nitrogen and oxygen atoms in total. The topological polar surface area (TPSA) is 68.5 Å². The number of hydrogen-bond donors (Lipinski definition) is 1. The first-order valence-electron chi connectivity index (χ1n) is 8.15. The maximum Gasteiger partial charge on any atom is 0.250 e. The number of rotatable bonds is 5. The van der Waals surface area contributed by atoms with Crippen LogP contribution in [0.15, 0.2) is 58.4 Å². The number of halogens is 1. The van der Waals surface area contributed by atoms with Crippen LogP contribution in [0.25, 0.3) is 16.2 Å². The van der Waals surface area contributed by atoms with Gasteiger partial charge in [-0.15, -0.1) is 16.4 Å². The van der Waals surface area contributed by atoms with Gasteiger partial charge in [-0.3, -0.25) is 10.1 Å². The molecule has 4 rings (SSSR count). The van der Waals surface area contributed by atoms with Crippen LogP contribution < -0.4 is 10.1 Å². The van der Waals surface area contributed by atoms with Gasteiger partial charge in [0, 0.05) is 15.4 Å². The Morgan fingerprint density at radius 3 is 2.85 bits per heavy atom. The van der Waals surface area contributed by atoms with Crippen molar-refractivity contribution in [2.45, 2.75) is 6.42 Å². The van der Waals surface area contributed by atoms with Crippen LogP contribution in [0.2, 0.25) is 0 Å². The van der Waals surface area contributed by atoms with Crippen molar-refractivity contribution in [3.8, 4) is 17.0 Å². The smallest absolute Gasteiger partial charge is 0.250 e.